The Morgan fingerprint density at radius 3 is 2.80 bits per heavy atom. The first-order valence-corrected chi connectivity index (χ1v) is 10.2. The number of nitrogen functional groups attached to an aromatic ring is 1. The minimum Gasteiger partial charge on any atom is -0.383 e. The molecule has 11 heteroatoms. The average molecular weight is 513 g/mol. The molecule has 0 aliphatic rings. The maximum absolute atomic E-state index is 13.5. The number of hydrogen-bond acceptors (Lipinski definition) is 7. The van der Waals surface area contributed by atoms with Gasteiger partial charge in [-0.25, -0.2) is 19.6 Å². The van der Waals surface area contributed by atoms with Crippen molar-refractivity contribution >= 4 is 50.5 Å². The molecule has 4 heterocycles. The number of anilines is 1. The highest BCUT2D eigenvalue weighted by atomic mass is 127. The summed E-state index contributed by atoms with van der Waals surface area (Å²) in [5.41, 5.74) is 9.09. The molecular formula is C19H16IN9O. The number of hydrogen-bond donors (Lipinski definition) is 1. The smallest absolute Gasteiger partial charge is 0.284 e. The van der Waals surface area contributed by atoms with Gasteiger partial charge in [0.05, 0.1) is 17.3 Å². The molecule has 0 saturated heterocycles. The molecule has 0 atom stereocenters. The third-order valence-electron chi connectivity index (χ3n) is 5.00. The molecule has 0 fully saturated rings. The molecule has 5 rings (SSSR count). The zero-order chi connectivity index (χ0) is 21.0. The molecule has 0 aliphatic carbocycles. The van der Waals surface area contributed by atoms with Gasteiger partial charge in [-0.15, -0.1) is 0 Å². The van der Waals surface area contributed by atoms with Crippen molar-refractivity contribution in [2.75, 3.05) is 5.73 Å². The van der Waals surface area contributed by atoms with Gasteiger partial charge in [0, 0.05) is 7.05 Å². The van der Waals surface area contributed by atoms with E-state index in [1.165, 1.54) is 6.33 Å². The number of fused-ring (bicyclic) bond motifs is 2. The lowest BCUT2D eigenvalue weighted by atomic mass is 10.2. The van der Waals surface area contributed by atoms with Gasteiger partial charge in [0.25, 0.3) is 5.56 Å². The number of halogens is 1. The van der Waals surface area contributed by atoms with Gasteiger partial charge in [0.15, 0.2) is 11.2 Å². The number of nitrogens with two attached hydrogens (primary N) is 1. The highest BCUT2D eigenvalue weighted by molar-refractivity contribution is 14.1. The molecule has 10 nitrogen and oxygen atoms in total. The van der Waals surface area contributed by atoms with Gasteiger partial charge < -0.3 is 5.73 Å². The third-order valence-corrected chi connectivity index (χ3v) is 5.75. The van der Waals surface area contributed by atoms with Gasteiger partial charge >= 0.3 is 0 Å². The highest BCUT2D eigenvalue weighted by Crippen LogP contribution is 2.24. The van der Waals surface area contributed by atoms with E-state index in [2.05, 4.69) is 42.8 Å². The van der Waals surface area contributed by atoms with Crippen molar-refractivity contribution in [1.82, 2.24) is 39.1 Å². The molecule has 0 saturated carbocycles. The summed E-state index contributed by atoms with van der Waals surface area (Å²) in [6.07, 6.45) is 2.99. The summed E-state index contributed by atoms with van der Waals surface area (Å²) >= 11 is 2.10. The van der Waals surface area contributed by atoms with Gasteiger partial charge in [0.2, 0.25) is 0 Å². The Bertz CT molecular complexity index is 1500. The van der Waals surface area contributed by atoms with Crippen LogP contribution in [0.3, 0.4) is 0 Å². The van der Waals surface area contributed by atoms with Crippen LogP contribution in [0.4, 0.5) is 5.82 Å². The van der Waals surface area contributed by atoms with Crippen molar-refractivity contribution in [2.45, 2.75) is 13.5 Å². The van der Waals surface area contributed by atoms with E-state index in [0.717, 1.165) is 11.3 Å². The second kappa shape index (κ2) is 6.86. The van der Waals surface area contributed by atoms with Gasteiger partial charge in [-0.2, -0.15) is 10.2 Å². The van der Waals surface area contributed by atoms with Gasteiger partial charge in [-0.1, -0.05) is 18.2 Å². The zero-order valence-corrected chi connectivity index (χ0v) is 18.3. The summed E-state index contributed by atoms with van der Waals surface area (Å²) in [5, 5.41) is 9.46. The fourth-order valence-corrected chi connectivity index (χ4v) is 4.35. The van der Waals surface area contributed by atoms with E-state index in [9.17, 15) is 4.79 Å². The molecular weight excluding hydrogens is 497 g/mol. The second-order valence-corrected chi connectivity index (χ2v) is 7.88. The van der Waals surface area contributed by atoms with Crippen LogP contribution in [0.2, 0.25) is 0 Å². The molecule has 30 heavy (non-hydrogen) atoms. The normalized spacial score (nSPS) is 11.6. The molecule has 4 aromatic heterocycles. The van der Waals surface area contributed by atoms with Gasteiger partial charge in [-0.05, 0) is 41.1 Å². The maximum Gasteiger partial charge on any atom is 0.284 e. The predicted molar refractivity (Wildman–Crippen MR) is 120 cm³/mol. The standard InChI is InChI=1S/C19H16IN9O/c1-10-5-3-4-6-12(10)29-13(25-11-7-24-27(2)15(11)19(29)30)8-28-18-14(16(20)26-28)17(21)22-9-23-18/h3-7,9H,8H2,1-2H3,(H2,21,22,23). The van der Waals surface area contributed by atoms with Crippen LogP contribution < -0.4 is 11.3 Å². The molecule has 5 aromatic rings. The Labute approximate surface area is 183 Å². The molecule has 0 amide bonds. The summed E-state index contributed by atoms with van der Waals surface area (Å²) in [5.74, 6) is 0.885. The highest BCUT2D eigenvalue weighted by Gasteiger charge is 2.20. The van der Waals surface area contributed by atoms with E-state index in [0.29, 0.717) is 37.4 Å². The number of benzene rings is 1. The minimum absolute atomic E-state index is 0.190. The molecule has 0 spiro atoms. The monoisotopic (exact) mass is 513 g/mol. The second-order valence-electron chi connectivity index (χ2n) is 6.86. The van der Waals surface area contributed by atoms with Crippen LogP contribution in [0.25, 0.3) is 27.8 Å². The number of rotatable bonds is 3. The zero-order valence-electron chi connectivity index (χ0n) is 16.1. The SMILES string of the molecule is Cc1ccccc1-n1c(Cn2nc(I)c3c(N)ncnc32)nc2cnn(C)c2c1=O. The summed E-state index contributed by atoms with van der Waals surface area (Å²) in [6, 6.07) is 7.68. The molecule has 0 radical (unpaired) electrons. The van der Waals surface area contributed by atoms with E-state index in [4.69, 9.17) is 10.7 Å². The predicted octanol–water partition coefficient (Wildman–Crippen LogP) is 1.80. The molecule has 1 aromatic carbocycles. The van der Waals surface area contributed by atoms with E-state index < -0.39 is 0 Å². The van der Waals surface area contributed by atoms with Crippen molar-refractivity contribution in [1.29, 1.82) is 0 Å². The van der Waals surface area contributed by atoms with Gasteiger partial charge in [0.1, 0.15) is 33.7 Å². The van der Waals surface area contributed by atoms with E-state index >= 15 is 0 Å². The van der Waals surface area contributed by atoms with E-state index in [1.807, 2.05) is 31.2 Å². The quantitative estimate of drug-likeness (QED) is 0.365. The fourth-order valence-electron chi connectivity index (χ4n) is 3.57. The van der Waals surface area contributed by atoms with Crippen molar-refractivity contribution in [2.24, 2.45) is 7.05 Å². The molecule has 2 N–H and O–H groups in total. The topological polar surface area (TPSA) is 122 Å². The van der Waals surface area contributed by atoms with Crippen molar-refractivity contribution in [3.8, 4) is 5.69 Å². The Morgan fingerprint density at radius 1 is 1.20 bits per heavy atom. The van der Waals surface area contributed by atoms with E-state index in [-0.39, 0.29) is 12.1 Å². The first kappa shape index (κ1) is 18.7. The van der Waals surface area contributed by atoms with Crippen molar-refractivity contribution in [3.63, 3.8) is 0 Å². The van der Waals surface area contributed by atoms with Crippen LogP contribution in [0.1, 0.15) is 11.4 Å². The first-order valence-electron chi connectivity index (χ1n) is 9.08. The lowest BCUT2D eigenvalue weighted by Gasteiger charge is -2.15. The van der Waals surface area contributed by atoms with Crippen LogP contribution in [-0.4, -0.2) is 39.1 Å². The minimum atomic E-state index is -0.190. The Hall–Kier alpha value is -3.35. The van der Waals surface area contributed by atoms with Crippen LogP contribution >= 0.6 is 22.6 Å². The largest absolute Gasteiger partial charge is 0.383 e. The van der Waals surface area contributed by atoms with Crippen LogP contribution in [0.15, 0.2) is 41.6 Å². The van der Waals surface area contributed by atoms with E-state index in [1.54, 1.807) is 27.2 Å². The lowest BCUT2D eigenvalue weighted by Crippen LogP contribution is -2.27. The Morgan fingerprint density at radius 2 is 2.00 bits per heavy atom. The van der Waals surface area contributed by atoms with Crippen molar-refractivity contribution in [3.05, 3.63) is 62.2 Å². The third kappa shape index (κ3) is 2.76. The first-order chi connectivity index (χ1) is 14.5. The molecule has 0 aliphatic heterocycles. The van der Waals surface area contributed by atoms with Crippen LogP contribution in [0.5, 0.6) is 0 Å². The number of nitrogens with zero attached hydrogens (tertiary/aromatic N) is 8. The van der Waals surface area contributed by atoms with Crippen LogP contribution in [-0.2, 0) is 13.6 Å². The summed E-state index contributed by atoms with van der Waals surface area (Å²) < 4.78 is 5.54. The lowest BCUT2D eigenvalue weighted by molar-refractivity contribution is 0.643. The molecule has 0 bridgehead atoms. The van der Waals surface area contributed by atoms with Crippen LogP contribution in [0, 0.1) is 10.6 Å². The fraction of sp³-hybridized carbons (Fsp3) is 0.158. The van der Waals surface area contributed by atoms with Gasteiger partial charge in [-0.3, -0.25) is 14.0 Å². The Balaban J connectivity index is 1.80. The average Bonchev–Trinajstić information content (AvgIpc) is 3.24. The molecule has 150 valence electrons. The summed E-state index contributed by atoms with van der Waals surface area (Å²) in [6.45, 7) is 2.18. The Kier molecular flexibility index (Phi) is 4.27. The summed E-state index contributed by atoms with van der Waals surface area (Å²) in [4.78, 5) is 26.6. The maximum atomic E-state index is 13.5. The summed E-state index contributed by atoms with van der Waals surface area (Å²) in [7, 11) is 1.73. The van der Waals surface area contributed by atoms with Crippen molar-refractivity contribution < 1.29 is 0 Å². The number of aromatic nitrogens is 8. The number of para-hydroxylation sites is 1. The number of aryl methyl sites for hydroxylation is 2. The molecule has 0 unspecified atom stereocenters.